The van der Waals surface area contributed by atoms with E-state index in [0.717, 1.165) is 18.7 Å². The van der Waals surface area contributed by atoms with Gasteiger partial charge in [-0.05, 0) is 19.9 Å². The summed E-state index contributed by atoms with van der Waals surface area (Å²) in [6.45, 7) is 3.22. The fourth-order valence-corrected chi connectivity index (χ4v) is 1.37. The molecule has 1 heterocycles. The van der Waals surface area contributed by atoms with Gasteiger partial charge in [-0.2, -0.15) is 0 Å². The maximum absolute atomic E-state index is 11.4. The van der Waals surface area contributed by atoms with Crippen molar-refractivity contribution >= 4 is 11.8 Å². The van der Waals surface area contributed by atoms with Gasteiger partial charge in [0.2, 0.25) is 5.82 Å². The quantitative estimate of drug-likeness (QED) is 0.746. The van der Waals surface area contributed by atoms with Crippen LogP contribution in [0.2, 0.25) is 0 Å². The van der Waals surface area contributed by atoms with Gasteiger partial charge in [0.05, 0.1) is 7.11 Å². The number of rotatable bonds is 5. The Morgan fingerprint density at radius 1 is 1.53 bits per heavy atom. The molecule has 0 saturated heterocycles. The van der Waals surface area contributed by atoms with Gasteiger partial charge in [-0.25, -0.2) is 14.8 Å². The Kier molecular flexibility index (Phi) is 4.84. The number of carbonyl (C=O) groups is 1. The summed E-state index contributed by atoms with van der Waals surface area (Å²) in [6, 6.07) is 1.82. The summed E-state index contributed by atoms with van der Waals surface area (Å²) < 4.78 is 4.60. The highest BCUT2D eigenvalue weighted by Gasteiger charge is 2.13. The van der Waals surface area contributed by atoms with E-state index in [1.165, 1.54) is 7.11 Å². The maximum Gasteiger partial charge on any atom is 0.376 e. The second-order valence-corrected chi connectivity index (χ2v) is 3.75. The fourth-order valence-electron chi connectivity index (χ4n) is 1.37. The Morgan fingerprint density at radius 2 is 2.24 bits per heavy atom. The Balaban J connectivity index is 2.92. The molecule has 0 bridgehead atoms. The first-order valence-corrected chi connectivity index (χ1v) is 5.43. The molecule has 1 aromatic heterocycles. The molecule has 0 atom stereocenters. The third-order valence-electron chi connectivity index (χ3n) is 2.30. The van der Waals surface area contributed by atoms with Crippen LogP contribution in [-0.4, -0.2) is 43.2 Å². The first-order valence-electron chi connectivity index (χ1n) is 5.43. The third-order valence-corrected chi connectivity index (χ3v) is 2.30. The number of nitrogens with two attached hydrogens (primary N) is 1. The van der Waals surface area contributed by atoms with Gasteiger partial charge in [-0.1, -0.05) is 0 Å². The molecule has 94 valence electrons. The molecule has 6 nitrogen and oxygen atoms in total. The fraction of sp³-hybridized carbons (Fsp3) is 0.545. The molecule has 1 rings (SSSR count). The minimum atomic E-state index is -0.526. The van der Waals surface area contributed by atoms with Crippen LogP contribution < -0.4 is 10.6 Å². The average Bonchev–Trinajstić information content (AvgIpc) is 2.34. The number of anilines is 1. The number of carbonyl (C=O) groups excluding carboxylic acids is 1. The Morgan fingerprint density at radius 3 is 2.82 bits per heavy atom. The van der Waals surface area contributed by atoms with Gasteiger partial charge in [-0.3, -0.25) is 0 Å². The number of hydrogen-bond acceptors (Lipinski definition) is 6. The van der Waals surface area contributed by atoms with Crippen molar-refractivity contribution in [2.24, 2.45) is 5.73 Å². The molecule has 0 saturated carbocycles. The number of hydrogen-bond donors (Lipinski definition) is 1. The Labute approximate surface area is 101 Å². The lowest BCUT2D eigenvalue weighted by Gasteiger charge is -2.18. The zero-order valence-corrected chi connectivity index (χ0v) is 10.4. The molecular formula is C11H18N4O2. The summed E-state index contributed by atoms with van der Waals surface area (Å²) in [5.41, 5.74) is 6.18. The summed E-state index contributed by atoms with van der Waals surface area (Å²) in [7, 11) is 3.21. The second kappa shape index (κ2) is 6.15. The molecule has 2 N–H and O–H groups in total. The molecular weight excluding hydrogens is 220 g/mol. The van der Waals surface area contributed by atoms with Crippen molar-refractivity contribution in [3.05, 3.63) is 17.6 Å². The first-order chi connectivity index (χ1) is 8.08. The van der Waals surface area contributed by atoms with E-state index in [0.29, 0.717) is 12.4 Å². The molecule has 0 spiro atoms. The first kappa shape index (κ1) is 13.4. The van der Waals surface area contributed by atoms with Crippen LogP contribution in [0.25, 0.3) is 0 Å². The van der Waals surface area contributed by atoms with Crippen LogP contribution in [0.3, 0.4) is 0 Å². The van der Waals surface area contributed by atoms with Crippen LogP contribution in [0.15, 0.2) is 6.07 Å². The summed E-state index contributed by atoms with van der Waals surface area (Å²) >= 11 is 0. The lowest BCUT2D eigenvalue weighted by atomic mass is 10.3. The van der Waals surface area contributed by atoms with Crippen molar-refractivity contribution < 1.29 is 9.53 Å². The molecule has 1 aromatic rings. The smallest absolute Gasteiger partial charge is 0.376 e. The van der Waals surface area contributed by atoms with E-state index in [1.807, 2.05) is 24.9 Å². The minimum Gasteiger partial charge on any atom is -0.463 e. The monoisotopic (exact) mass is 238 g/mol. The number of ether oxygens (including phenoxy) is 1. The van der Waals surface area contributed by atoms with E-state index in [9.17, 15) is 4.79 Å². The molecule has 0 unspecified atom stereocenters. The topological polar surface area (TPSA) is 81.3 Å². The molecule has 0 aromatic carbocycles. The molecule has 6 heteroatoms. The zero-order chi connectivity index (χ0) is 12.8. The highest BCUT2D eigenvalue weighted by atomic mass is 16.5. The molecule has 0 radical (unpaired) electrons. The SMILES string of the molecule is COC(=O)c1nc(C)cc(N(C)CCCN)n1. The standard InChI is InChI=1S/C11H18N4O2/c1-8-7-9(15(2)6-4-5-12)14-10(13-8)11(16)17-3/h7H,4-6,12H2,1-3H3. The van der Waals surface area contributed by atoms with E-state index < -0.39 is 5.97 Å². The van der Waals surface area contributed by atoms with Crippen LogP contribution in [-0.2, 0) is 4.74 Å². The van der Waals surface area contributed by atoms with Gasteiger partial charge in [0, 0.05) is 25.4 Å². The minimum absolute atomic E-state index is 0.0853. The number of aromatic nitrogens is 2. The predicted octanol–water partition coefficient (Wildman–Crippen LogP) is 0.357. The highest BCUT2D eigenvalue weighted by molar-refractivity contribution is 5.85. The third kappa shape index (κ3) is 3.67. The van der Waals surface area contributed by atoms with Crippen molar-refractivity contribution in [2.45, 2.75) is 13.3 Å². The van der Waals surface area contributed by atoms with E-state index in [1.54, 1.807) is 0 Å². The van der Waals surface area contributed by atoms with Crippen LogP contribution in [0.4, 0.5) is 5.82 Å². The second-order valence-electron chi connectivity index (χ2n) is 3.75. The summed E-state index contributed by atoms with van der Waals surface area (Å²) in [6.07, 6.45) is 0.868. The highest BCUT2D eigenvalue weighted by Crippen LogP contribution is 2.11. The van der Waals surface area contributed by atoms with Crippen LogP contribution >= 0.6 is 0 Å². The molecule has 17 heavy (non-hydrogen) atoms. The predicted molar refractivity (Wildman–Crippen MR) is 65.0 cm³/mol. The van der Waals surface area contributed by atoms with Crippen LogP contribution in [0.5, 0.6) is 0 Å². The molecule has 0 aliphatic rings. The van der Waals surface area contributed by atoms with Gasteiger partial charge in [0.1, 0.15) is 5.82 Å². The maximum atomic E-state index is 11.4. The summed E-state index contributed by atoms with van der Waals surface area (Å²) in [5.74, 6) is 0.260. The number of aryl methyl sites for hydroxylation is 1. The average molecular weight is 238 g/mol. The largest absolute Gasteiger partial charge is 0.463 e. The lowest BCUT2D eigenvalue weighted by Crippen LogP contribution is -2.23. The van der Waals surface area contributed by atoms with Gasteiger partial charge >= 0.3 is 5.97 Å². The number of esters is 1. The normalized spacial score (nSPS) is 10.1. The Hall–Kier alpha value is -1.69. The number of nitrogens with zero attached hydrogens (tertiary/aromatic N) is 3. The van der Waals surface area contributed by atoms with E-state index in [4.69, 9.17) is 5.73 Å². The van der Waals surface area contributed by atoms with Crippen molar-refractivity contribution in [1.82, 2.24) is 9.97 Å². The van der Waals surface area contributed by atoms with Crippen molar-refractivity contribution in [3.63, 3.8) is 0 Å². The van der Waals surface area contributed by atoms with Crippen molar-refractivity contribution in [1.29, 1.82) is 0 Å². The van der Waals surface area contributed by atoms with Crippen molar-refractivity contribution in [3.8, 4) is 0 Å². The van der Waals surface area contributed by atoms with Crippen LogP contribution in [0.1, 0.15) is 22.7 Å². The van der Waals surface area contributed by atoms with Gasteiger partial charge in [0.15, 0.2) is 0 Å². The molecule has 0 aliphatic heterocycles. The Bertz CT molecular complexity index is 395. The van der Waals surface area contributed by atoms with Gasteiger partial charge < -0.3 is 15.4 Å². The van der Waals surface area contributed by atoms with E-state index in [2.05, 4.69) is 14.7 Å². The zero-order valence-electron chi connectivity index (χ0n) is 10.4. The van der Waals surface area contributed by atoms with Gasteiger partial charge in [0.25, 0.3) is 0 Å². The summed E-state index contributed by atoms with van der Waals surface area (Å²) in [5, 5.41) is 0. The number of methoxy groups -OCH3 is 1. The van der Waals surface area contributed by atoms with Crippen molar-refractivity contribution in [2.75, 3.05) is 32.1 Å². The van der Waals surface area contributed by atoms with Crippen LogP contribution in [0, 0.1) is 6.92 Å². The molecule has 0 fully saturated rings. The summed E-state index contributed by atoms with van der Waals surface area (Å²) in [4.78, 5) is 21.5. The lowest BCUT2D eigenvalue weighted by molar-refractivity contribution is 0.0586. The van der Waals surface area contributed by atoms with E-state index >= 15 is 0 Å². The van der Waals surface area contributed by atoms with E-state index in [-0.39, 0.29) is 5.82 Å². The molecule has 0 amide bonds. The van der Waals surface area contributed by atoms with Gasteiger partial charge in [-0.15, -0.1) is 0 Å². The molecule has 0 aliphatic carbocycles.